The zero-order valence-electron chi connectivity index (χ0n) is 11.1. The first kappa shape index (κ1) is 11.8. The van der Waals surface area contributed by atoms with Crippen molar-refractivity contribution in [3.05, 3.63) is 66.9 Å². The van der Waals surface area contributed by atoms with E-state index < -0.39 is 0 Å². The monoisotopic (exact) mass is 273 g/mol. The van der Waals surface area contributed by atoms with Crippen LogP contribution in [0.25, 0.3) is 33.7 Å². The Morgan fingerprint density at radius 3 is 2.14 bits per heavy atom. The van der Waals surface area contributed by atoms with Crippen molar-refractivity contribution in [2.24, 2.45) is 0 Å². The average molecular weight is 273 g/mol. The Balaban J connectivity index is 1.85. The lowest BCUT2D eigenvalue weighted by atomic mass is 10.1. The van der Waals surface area contributed by atoms with E-state index in [1.165, 1.54) is 0 Å². The molecule has 4 aromatic rings. The van der Waals surface area contributed by atoms with Gasteiger partial charge in [0.2, 0.25) is 0 Å². The molecule has 100 valence electrons. The Morgan fingerprint density at radius 1 is 0.762 bits per heavy atom. The quantitative estimate of drug-likeness (QED) is 0.555. The van der Waals surface area contributed by atoms with Gasteiger partial charge in [-0.3, -0.25) is 0 Å². The van der Waals surface area contributed by atoms with Crippen molar-refractivity contribution < 1.29 is 4.52 Å². The molecule has 0 radical (unpaired) electrons. The second-order valence-electron chi connectivity index (χ2n) is 4.68. The molecule has 0 atom stereocenters. The third-order valence-electron chi connectivity index (χ3n) is 3.31. The molecule has 4 rings (SSSR count). The molecule has 4 nitrogen and oxygen atoms in total. The van der Waals surface area contributed by atoms with Crippen molar-refractivity contribution in [1.29, 1.82) is 0 Å². The summed E-state index contributed by atoms with van der Waals surface area (Å²) in [4.78, 5) is 8.88. The molecular formula is C17H11N3O. The smallest absolute Gasteiger partial charge is 0.261 e. The summed E-state index contributed by atoms with van der Waals surface area (Å²) in [5.41, 5.74) is 3.22. The molecule has 0 spiro atoms. The number of hydrogen-bond donors (Lipinski definition) is 0. The van der Waals surface area contributed by atoms with Gasteiger partial charge in [-0.05, 0) is 0 Å². The van der Waals surface area contributed by atoms with Crippen molar-refractivity contribution in [2.45, 2.75) is 0 Å². The van der Waals surface area contributed by atoms with E-state index in [0.29, 0.717) is 11.5 Å². The minimum absolute atomic E-state index is 0.503. The van der Waals surface area contributed by atoms with Crippen molar-refractivity contribution in [2.75, 3.05) is 0 Å². The van der Waals surface area contributed by atoms with Gasteiger partial charge in [-0.25, -0.2) is 4.98 Å². The van der Waals surface area contributed by atoms with Crippen LogP contribution in [0.4, 0.5) is 0 Å². The molecule has 2 heterocycles. The topological polar surface area (TPSA) is 51.8 Å². The summed E-state index contributed by atoms with van der Waals surface area (Å²) in [6.07, 6.45) is 1.77. The molecule has 0 unspecified atom stereocenters. The van der Waals surface area contributed by atoms with Crippen LogP contribution in [-0.4, -0.2) is 15.1 Å². The molecule has 2 aromatic carbocycles. The highest BCUT2D eigenvalue weighted by atomic mass is 16.5. The maximum Gasteiger partial charge on any atom is 0.261 e. The van der Waals surface area contributed by atoms with Gasteiger partial charge in [-0.15, -0.1) is 0 Å². The Hall–Kier alpha value is -3.01. The first-order chi connectivity index (χ1) is 10.4. The number of aromatic nitrogens is 3. The van der Waals surface area contributed by atoms with E-state index in [4.69, 9.17) is 4.52 Å². The Labute approximate surface area is 121 Å². The zero-order valence-corrected chi connectivity index (χ0v) is 11.1. The molecule has 0 saturated heterocycles. The molecule has 2 aromatic heterocycles. The fourth-order valence-corrected chi connectivity index (χ4v) is 2.27. The number of nitrogens with zero attached hydrogens (tertiary/aromatic N) is 3. The second kappa shape index (κ2) is 4.83. The lowest BCUT2D eigenvalue weighted by Gasteiger charge is -1.99. The van der Waals surface area contributed by atoms with Gasteiger partial charge in [-0.1, -0.05) is 65.8 Å². The van der Waals surface area contributed by atoms with Gasteiger partial charge >= 0.3 is 0 Å². The Bertz CT molecular complexity index is 886. The molecule has 0 aliphatic heterocycles. The Morgan fingerprint density at radius 2 is 1.43 bits per heavy atom. The van der Waals surface area contributed by atoms with Crippen molar-refractivity contribution in [3.8, 4) is 22.6 Å². The van der Waals surface area contributed by atoms with Gasteiger partial charge in [0, 0.05) is 17.3 Å². The van der Waals surface area contributed by atoms with Crippen LogP contribution < -0.4 is 0 Å². The third-order valence-corrected chi connectivity index (χ3v) is 3.31. The van der Waals surface area contributed by atoms with E-state index in [2.05, 4.69) is 15.1 Å². The summed E-state index contributed by atoms with van der Waals surface area (Å²) < 4.78 is 5.36. The molecule has 0 amide bonds. The average Bonchev–Trinajstić information content (AvgIpc) is 2.99. The summed E-state index contributed by atoms with van der Waals surface area (Å²) in [7, 11) is 0. The summed E-state index contributed by atoms with van der Waals surface area (Å²) >= 11 is 0. The van der Waals surface area contributed by atoms with Crippen LogP contribution in [-0.2, 0) is 0 Å². The molecule has 0 fully saturated rings. The van der Waals surface area contributed by atoms with E-state index >= 15 is 0 Å². The molecule has 0 N–H and O–H groups in total. The summed E-state index contributed by atoms with van der Waals surface area (Å²) in [6.45, 7) is 0. The van der Waals surface area contributed by atoms with Crippen molar-refractivity contribution in [3.63, 3.8) is 0 Å². The van der Waals surface area contributed by atoms with E-state index in [0.717, 1.165) is 22.2 Å². The van der Waals surface area contributed by atoms with Crippen LogP contribution >= 0.6 is 0 Å². The van der Waals surface area contributed by atoms with Crippen LogP contribution in [0.5, 0.6) is 0 Å². The van der Waals surface area contributed by atoms with E-state index in [1.54, 1.807) is 6.20 Å². The van der Waals surface area contributed by atoms with Gasteiger partial charge in [-0.2, -0.15) is 4.98 Å². The van der Waals surface area contributed by atoms with Crippen LogP contribution in [0.2, 0.25) is 0 Å². The predicted molar refractivity (Wildman–Crippen MR) is 80.5 cm³/mol. The first-order valence-electron chi connectivity index (χ1n) is 6.65. The van der Waals surface area contributed by atoms with Gasteiger partial charge in [0.15, 0.2) is 5.82 Å². The molecule has 4 heteroatoms. The van der Waals surface area contributed by atoms with Crippen LogP contribution in [0.15, 0.2) is 71.4 Å². The first-order valence-corrected chi connectivity index (χ1v) is 6.65. The van der Waals surface area contributed by atoms with Crippen molar-refractivity contribution >= 4 is 11.1 Å². The minimum Gasteiger partial charge on any atom is -0.335 e. The lowest BCUT2D eigenvalue weighted by Crippen LogP contribution is -1.88. The number of hydrogen-bond acceptors (Lipinski definition) is 4. The maximum atomic E-state index is 5.36. The summed E-state index contributed by atoms with van der Waals surface area (Å²) in [6, 6.07) is 19.7. The molecule has 0 aliphatic carbocycles. The molecule has 0 saturated carbocycles. The number of rotatable bonds is 2. The fourth-order valence-electron chi connectivity index (χ4n) is 2.27. The van der Waals surface area contributed by atoms with E-state index in [1.807, 2.05) is 60.7 Å². The van der Waals surface area contributed by atoms with Gasteiger partial charge in [0.1, 0.15) is 5.69 Å². The van der Waals surface area contributed by atoms with Crippen LogP contribution in [0.1, 0.15) is 0 Å². The van der Waals surface area contributed by atoms with E-state index in [9.17, 15) is 0 Å². The number of benzene rings is 2. The minimum atomic E-state index is 0.503. The summed E-state index contributed by atoms with van der Waals surface area (Å²) in [5.74, 6) is 0.638. The highest BCUT2D eigenvalue weighted by Crippen LogP contribution is 2.27. The van der Waals surface area contributed by atoms with Gasteiger partial charge in [0.05, 0.1) is 5.39 Å². The standard InChI is InChI=1S/C17H11N3O/c1-3-7-12(8-4-1)15-14-11-18-16(19-17(14)21-20-15)13-9-5-2-6-10-13/h1-11H. The number of fused-ring (bicyclic) bond motifs is 1. The maximum absolute atomic E-state index is 5.36. The molecular weight excluding hydrogens is 262 g/mol. The van der Waals surface area contributed by atoms with Crippen LogP contribution in [0.3, 0.4) is 0 Å². The fraction of sp³-hybridized carbons (Fsp3) is 0. The second-order valence-corrected chi connectivity index (χ2v) is 4.68. The third kappa shape index (κ3) is 2.07. The lowest BCUT2D eigenvalue weighted by molar-refractivity contribution is 0.451. The normalized spacial score (nSPS) is 10.9. The van der Waals surface area contributed by atoms with Crippen molar-refractivity contribution in [1.82, 2.24) is 15.1 Å². The SMILES string of the molecule is c1ccc(-c2ncc3c(-c4ccccc4)noc3n2)cc1. The largest absolute Gasteiger partial charge is 0.335 e. The Kier molecular flexibility index (Phi) is 2.71. The van der Waals surface area contributed by atoms with Gasteiger partial charge < -0.3 is 4.52 Å². The van der Waals surface area contributed by atoms with Gasteiger partial charge in [0.25, 0.3) is 5.71 Å². The highest BCUT2D eigenvalue weighted by molar-refractivity contribution is 5.89. The summed E-state index contributed by atoms with van der Waals surface area (Å²) in [5, 5.41) is 4.94. The molecule has 0 aliphatic rings. The predicted octanol–water partition coefficient (Wildman–Crippen LogP) is 3.95. The highest BCUT2D eigenvalue weighted by Gasteiger charge is 2.13. The molecule has 21 heavy (non-hydrogen) atoms. The van der Waals surface area contributed by atoms with E-state index in [-0.39, 0.29) is 0 Å². The zero-order chi connectivity index (χ0) is 14.1. The molecule has 0 bridgehead atoms. The van der Waals surface area contributed by atoms with Crippen LogP contribution in [0, 0.1) is 0 Å².